The van der Waals surface area contributed by atoms with E-state index < -0.39 is 0 Å². The molecule has 5 nitrogen and oxygen atoms in total. The SMILES string of the molecule is CCc1c(C(=O)NCCN(C)C)c(C2CC2)nn1-c1cccc(F)c1. The first-order valence-electron chi connectivity index (χ1n) is 8.82. The maximum atomic E-state index is 13.6. The minimum Gasteiger partial charge on any atom is -0.351 e. The summed E-state index contributed by atoms with van der Waals surface area (Å²) < 4.78 is 15.4. The maximum absolute atomic E-state index is 13.6. The van der Waals surface area contributed by atoms with Crippen molar-refractivity contribution in [2.45, 2.75) is 32.1 Å². The molecule has 1 aromatic carbocycles. The van der Waals surface area contributed by atoms with E-state index in [-0.39, 0.29) is 11.7 Å². The Morgan fingerprint density at radius 2 is 2.16 bits per heavy atom. The van der Waals surface area contributed by atoms with Crippen LogP contribution in [0.25, 0.3) is 5.69 Å². The fraction of sp³-hybridized carbons (Fsp3) is 0.474. The van der Waals surface area contributed by atoms with E-state index in [2.05, 4.69) is 5.32 Å². The molecule has 1 fully saturated rings. The van der Waals surface area contributed by atoms with Gasteiger partial charge in [0.15, 0.2) is 0 Å². The van der Waals surface area contributed by atoms with Crippen LogP contribution in [0.15, 0.2) is 24.3 Å². The average Bonchev–Trinajstić information content (AvgIpc) is 3.34. The van der Waals surface area contributed by atoms with E-state index in [1.165, 1.54) is 12.1 Å². The second kappa shape index (κ2) is 7.35. The van der Waals surface area contributed by atoms with E-state index >= 15 is 0 Å². The number of nitrogens with one attached hydrogen (secondary N) is 1. The van der Waals surface area contributed by atoms with Crippen LogP contribution in [-0.2, 0) is 6.42 Å². The van der Waals surface area contributed by atoms with Gasteiger partial charge in [-0.15, -0.1) is 0 Å². The summed E-state index contributed by atoms with van der Waals surface area (Å²) in [6.45, 7) is 3.37. The van der Waals surface area contributed by atoms with Crippen LogP contribution < -0.4 is 5.32 Å². The molecule has 1 aliphatic carbocycles. The molecule has 0 aliphatic heterocycles. The monoisotopic (exact) mass is 344 g/mol. The largest absolute Gasteiger partial charge is 0.351 e. The molecule has 0 bridgehead atoms. The highest BCUT2D eigenvalue weighted by Crippen LogP contribution is 2.42. The number of aromatic nitrogens is 2. The van der Waals surface area contributed by atoms with E-state index in [9.17, 15) is 9.18 Å². The molecule has 0 unspecified atom stereocenters. The van der Waals surface area contributed by atoms with Gasteiger partial charge in [-0.25, -0.2) is 9.07 Å². The van der Waals surface area contributed by atoms with Gasteiger partial charge in [0.05, 0.1) is 22.6 Å². The van der Waals surface area contributed by atoms with Gasteiger partial charge in [0, 0.05) is 19.0 Å². The zero-order valence-corrected chi connectivity index (χ0v) is 15.1. The van der Waals surface area contributed by atoms with Gasteiger partial charge in [-0.2, -0.15) is 5.10 Å². The van der Waals surface area contributed by atoms with Crippen molar-refractivity contribution in [2.24, 2.45) is 0 Å². The number of benzene rings is 1. The van der Waals surface area contributed by atoms with Gasteiger partial charge in [0.1, 0.15) is 5.82 Å². The van der Waals surface area contributed by atoms with Gasteiger partial charge < -0.3 is 10.2 Å². The lowest BCUT2D eigenvalue weighted by atomic mass is 10.1. The lowest BCUT2D eigenvalue weighted by molar-refractivity contribution is 0.0949. The summed E-state index contributed by atoms with van der Waals surface area (Å²) in [5, 5.41) is 7.69. The molecule has 1 heterocycles. The number of carbonyl (C=O) groups is 1. The number of amides is 1. The Balaban J connectivity index is 1.97. The molecule has 1 N–H and O–H groups in total. The molecule has 2 aromatic rings. The average molecular weight is 344 g/mol. The molecule has 0 spiro atoms. The number of likely N-dealkylation sites (N-methyl/N-ethyl adjacent to an activating group) is 1. The van der Waals surface area contributed by atoms with Crippen LogP contribution in [0.1, 0.15) is 47.4 Å². The van der Waals surface area contributed by atoms with Crippen LogP contribution in [0.3, 0.4) is 0 Å². The lowest BCUT2D eigenvalue weighted by Crippen LogP contribution is -2.32. The number of carbonyl (C=O) groups excluding carboxylic acids is 1. The molecule has 1 amide bonds. The van der Waals surface area contributed by atoms with Gasteiger partial charge >= 0.3 is 0 Å². The van der Waals surface area contributed by atoms with Crippen molar-refractivity contribution in [3.63, 3.8) is 0 Å². The molecule has 0 atom stereocenters. The summed E-state index contributed by atoms with van der Waals surface area (Å²) >= 11 is 0. The summed E-state index contributed by atoms with van der Waals surface area (Å²) in [5.41, 5.74) is 3.03. The van der Waals surface area contributed by atoms with Crippen molar-refractivity contribution in [1.82, 2.24) is 20.0 Å². The van der Waals surface area contributed by atoms with Crippen molar-refractivity contribution in [3.8, 4) is 5.69 Å². The van der Waals surface area contributed by atoms with Crippen molar-refractivity contribution < 1.29 is 9.18 Å². The Hall–Kier alpha value is -2.21. The van der Waals surface area contributed by atoms with E-state index in [0.717, 1.165) is 30.8 Å². The van der Waals surface area contributed by atoms with Crippen molar-refractivity contribution in [2.75, 3.05) is 27.2 Å². The molecule has 134 valence electrons. The van der Waals surface area contributed by atoms with E-state index in [4.69, 9.17) is 5.10 Å². The van der Waals surface area contributed by atoms with Gasteiger partial charge in [0.2, 0.25) is 0 Å². The standard InChI is InChI=1S/C19H25FN4O/c1-4-16-17(19(25)21-10-11-23(2)3)18(13-8-9-13)22-24(16)15-7-5-6-14(20)12-15/h5-7,12-13H,4,8-11H2,1-3H3,(H,21,25). The Morgan fingerprint density at radius 3 is 2.76 bits per heavy atom. The van der Waals surface area contributed by atoms with E-state index in [0.29, 0.717) is 30.1 Å². The van der Waals surface area contributed by atoms with Gasteiger partial charge in [-0.3, -0.25) is 4.79 Å². The Morgan fingerprint density at radius 1 is 1.40 bits per heavy atom. The van der Waals surface area contributed by atoms with Crippen LogP contribution in [-0.4, -0.2) is 47.8 Å². The highest BCUT2D eigenvalue weighted by atomic mass is 19.1. The van der Waals surface area contributed by atoms with E-state index in [1.807, 2.05) is 32.0 Å². The van der Waals surface area contributed by atoms with Crippen LogP contribution in [0.4, 0.5) is 4.39 Å². The predicted molar refractivity (Wildman–Crippen MR) is 95.8 cm³/mol. The summed E-state index contributed by atoms with van der Waals surface area (Å²) in [7, 11) is 3.95. The molecule has 6 heteroatoms. The highest BCUT2D eigenvalue weighted by Gasteiger charge is 2.34. The fourth-order valence-electron chi connectivity index (χ4n) is 2.99. The minimum atomic E-state index is -0.306. The third-order valence-corrected chi connectivity index (χ3v) is 4.43. The molecule has 1 aliphatic rings. The maximum Gasteiger partial charge on any atom is 0.255 e. The number of nitrogens with zero attached hydrogens (tertiary/aromatic N) is 3. The zero-order valence-electron chi connectivity index (χ0n) is 15.1. The third-order valence-electron chi connectivity index (χ3n) is 4.43. The summed E-state index contributed by atoms with van der Waals surface area (Å²) in [6, 6.07) is 6.35. The van der Waals surface area contributed by atoms with Crippen LogP contribution in [0, 0.1) is 5.82 Å². The predicted octanol–water partition coefficient (Wildman–Crippen LogP) is 2.74. The zero-order chi connectivity index (χ0) is 18.0. The van der Waals surface area contributed by atoms with Crippen LogP contribution in [0.2, 0.25) is 0 Å². The normalized spacial score (nSPS) is 14.1. The summed E-state index contributed by atoms with van der Waals surface area (Å²) in [5.74, 6) is -0.0435. The van der Waals surface area contributed by atoms with Gasteiger partial charge in [-0.05, 0) is 51.6 Å². The number of hydrogen-bond donors (Lipinski definition) is 1. The molecule has 0 saturated heterocycles. The third kappa shape index (κ3) is 3.90. The molecular weight excluding hydrogens is 319 g/mol. The fourth-order valence-corrected chi connectivity index (χ4v) is 2.99. The second-order valence-corrected chi connectivity index (χ2v) is 6.79. The molecule has 0 radical (unpaired) electrons. The minimum absolute atomic E-state index is 0.0803. The Kier molecular flexibility index (Phi) is 5.18. The quantitative estimate of drug-likeness (QED) is 0.840. The van der Waals surface area contributed by atoms with Crippen LogP contribution in [0.5, 0.6) is 0 Å². The molecule has 1 aromatic heterocycles. The Bertz CT molecular complexity index is 765. The molecular formula is C19H25FN4O. The molecule has 1 saturated carbocycles. The first kappa shape index (κ1) is 17.6. The first-order valence-corrected chi connectivity index (χ1v) is 8.82. The highest BCUT2D eigenvalue weighted by molar-refractivity contribution is 5.97. The van der Waals surface area contributed by atoms with Crippen molar-refractivity contribution in [3.05, 3.63) is 47.0 Å². The smallest absolute Gasteiger partial charge is 0.255 e. The summed E-state index contributed by atoms with van der Waals surface area (Å²) in [4.78, 5) is 14.8. The first-order chi connectivity index (χ1) is 12.0. The van der Waals surface area contributed by atoms with E-state index in [1.54, 1.807) is 10.7 Å². The number of halogens is 1. The molecule has 25 heavy (non-hydrogen) atoms. The van der Waals surface area contributed by atoms with Gasteiger partial charge in [0.25, 0.3) is 5.91 Å². The van der Waals surface area contributed by atoms with Crippen molar-refractivity contribution >= 4 is 5.91 Å². The van der Waals surface area contributed by atoms with Crippen molar-refractivity contribution in [1.29, 1.82) is 0 Å². The van der Waals surface area contributed by atoms with Gasteiger partial charge in [-0.1, -0.05) is 13.0 Å². The lowest BCUT2D eigenvalue weighted by Gasteiger charge is -2.11. The topological polar surface area (TPSA) is 50.2 Å². The molecule has 3 rings (SSSR count). The summed E-state index contributed by atoms with van der Waals surface area (Å²) in [6.07, 6.45) is 2.77. The van der Waals surface area contributed by atoms with Crippen LogP contribution >= 0.6 is 0 Å². The number of rotatable bonds is 7. The Labute approximate surface area is 147 Å². The number of hydrogen-bond acceptors (Lipinski definition) is 3. The second-order valence-electron chi connectivity index (χ2n) is 6.79.